The van der Waals surface area contributed by atoms with Crippen LogP contribution in [0.2, 0.25) is 5.02 Å². The SMILES string of the molecule is CC(C)(COP(=O)([O-])OP(=O)([O-])OC[C@H]1O[C@@H](n2cnc3c(N)ncnc32)[C@H](O)[C@@H]1OP(=O)([O-])[O-])[C@@H](O)C(=O)NCCC(=O)NCCSC(=O)c1ccccc1Cl. The first-order chi connectivity index (χ1) is 26.5. The zero-order valence-electron chi connectivity index (χ0n) is 29.6. The van der Waals surface area contributed by atoms with Gasteiger partial charge in [0.25, 0.3) is 15.6 Å². The number of nitrogen functional groups attached to an aromatic ring is 1. The lowest BCUT2D eigenvalue weighted by Gasteiger charge is -2.36. The van der Waals surface area contributed by atoms with Crippen LogP contribution in [0, 0.1) is 5.41 Å². The van der Waals surface area contributed by atoms with Gasteiger partial charge in [-0.3, -0.25) is 28.1 Å². The van der Waals surface area contributed by atoms with Crippen molar-refractivity contribution < 1.29 is 80.5 Å². The minimum Gasteiger partial charge on any atom is -0.790 e. The minimum atomic E-state index is -5.92. The van der Waals surface area contributed by atoms with Gasteiger partial charge in [0.2, 0.25) is 16.9 Å². The fourth-order valence-corrected chi connectivity index (χ4v) is 8.69. The van der Waals surface area contributed by atoms with Crippen LogP contribution in [0.4, 0.5) is 5.82 Å². The molecule has 1 aromatic carbocycles. The van der Waals surface area contributed by atoms with Crippen molar-refractivity contribution in [1.29, 1.82) is 0 Å². The standard InChI is InChI=1S/C28H39ClN7O17P3S/c1-28(2,22(39)25(40)32-8-7-18(37)31-9-10-57-27(41)15-5-3-4-6-16(15)29)12-50-56(47,48)53-55(45,46)49-11-17-21(52-54(42,43)44)20(38)26(51-17)36-14-35-19-23(30)33-13-34-24(19)36/h3-6,13-14,17,20-22,26,38-39H,7-12H2,1-2H3,(H,31,37)(H,32,40)(H,45,46)(H,47,48)(H2,30,33,34)(H2,42,43,44)/p-4/t17-,20-,21-,22+,26-/m1/s1. The number of phosphoric ester groups is 3. The number of aliphatic hydroxyl groups is 2. The number of phosphoric acid groups is 3. The second-order valence-electron chi connectivity index (χ2n) is 12.6. The van der Waals surface area contributed by atoms with E-state index >= 15 is 0 Å². The van der Waals surface area contributed by atoms with Crippen molar-refractivity contribution in [3.8, 4) is 0 Å². The highest BCUT2D eigenvalue weighted by molar-refractivity contribution is 8.14. The number of amides is 2. The van der Waals surface area contributed by atoms with Crippen molar-refractivity contribution in [1.82, 2.24) is 30.2 Å². The van der Waals surface area contributed by atoms with Crippen LogP contribution in [0.15, 0.2) is 36.9 Å². The number of carbonyl (C=O) groups excluding carboxylic acids is 3. The Morgan fingerprint density at radius 1 is 1.07 bits per heavy atom. The van der Waals surface area contributed by atoms with Crippen LogP contribution in [0.25, 0.3) is 11.2 Å². The molecule has 1 saturated heterocycles. The summed E-state index contributed by atoms with van der Waals surface area (Å²) in [7, 11) is -17.6. The molecule has 0 aliphatic carbocycles. The largest absolute Gasteiger partial charge is 0.790 e. The number of hydrogen-bond donors (Lipinski definition) is 5. The van der Waals surface area contributed by atoms with Crippen LogP contribution in [0.3, 0.4) is 0 Å². The van der Waals surface area contributed by atoms with Crippen LogP contribution in [0.1, 0.15) is 36.9 Å². The average molecular weight is 902 g/mol. The Hall–Kier alpha value is -2.93. The number of imidazole rings is 1. The average Bonchev–Trinajstić information content (AvgIpc) is 3.68. The van der Waals surface area contributed by atoms with Crippen LogP contribution in [-0.2, 0) is 45.9 Å². The second kappa shape index (κ2) is 19.4. The van der Waals surface area contributed by atoms with E-state index in [9.17, 15) is 57.9 Å². The summed E-state index contributed by atoms with van der Waals surface area (Å²) >= 11 is 6.94. The summed E-state index contributed by atoms with van der Waals surface area (Å²) in [6, 6.07) is 6.47. The molecule has 316 valence electrons. The molecule has 0 bridgehead atoms. The number of halogens is 1. The second-order valence-corrected chi connectivity index (χ2v) is 18.1. The van der Waals surface area contributed by atoms with E-state index < -0.39 is 84.6 Å². The molecule has 4 rings (SSSR count). The lowest BCUT2D eigenvalue weighted by molar-refractivity contribution is -0.347. The summed E-state index contributed by atoms with van der Waals surface area (Å²) in [4.78, 5) is 96.4. The summed E-state index contributed by atoms with van der Waals surface area (Å²) < 4.78 is 60.5. The van der Waals surface area contributed by atoms with Crippen LogP contribution in [0.5, 0.6) is 0 Å². The molecule has 2 aromatic heterocycles. The first kappa shape index (κ1) is 46.8. The number of nitrogens with two attached hydrogens (primary N) is 1. The topological polar surface area (TPSA) is 375 Å². The van der Waals surface area contributed by atoms with Gasteiger partial charge in [-0.05, 0) is 12.1 Å². The molecule has 2 unspecified atom stereocenters. The number of aliphatic hydroxyl groups excluding tert-OH is 2. The van der Waals surface area contributed by atoms with Crippen molar-refractivity contribution in [3.63, 3.8) is 0 Å². The molecule has 3 aromatic rings. The van der Waals surface area contributed by atoms with Gasteiger partial charge in [0, 0.05) is 36.2 Å². The normalized spacial score (nSPS) is 21.4. The van der Waals surface area contributed by atoms with Crippen LogP contribution < -0.4 is 35.9 Å². The number of aromatic nitrogens is 4. The van der Waals surface area contributed by atoms with Gasteiger partial charge >= 0.3 is 0 Å². The van der Waals surface area contributed by atoms with Crippen LogP contribution in [-0.4, -0.2) is 103 Å². The van der Waals surface area contributed by atoms with Gasteiger partial charge in [0.05, 0.1) is 32.4 Å². The van der Waals surface area contributed by atoms with E-state index in [2.05, 4.69) is 43.5 Å². The number of carbonyl (C=O) groups is 3. The Kier molecular flexibility index (Phi) is 15.9. The summed E-state index contributed by atoms with van der Waals surface area (Å²) in [6.07, 6.45) is -7.66. The molecule has 7 atom stereocenters. The molecule has 2 amide bonds. The zero-order valence-corrected chi connectivity index (χ0v) is 33.9. The van der Waals surface area contributed by atoms with Crippen molar-refractivity contribution in [2.75, 3.05) is 37.8 Å². The molecule has 0 radical (unpaired) electrons. The maximum absolute atomic E-state index is 12.5. The number of rotatable bonds is 20. The number of anilines is 1. The molecule has 0 saturated carbocycles. The molecule has 1 fully saturated rings. The molecule has 6 N–H and O–H groups in total. The van der Waals surface area contributed by atoms with Crippen LogP contribution >= 0.6 is 46.8 Å². The number of benzene rings is 1. The van der Waals surface area contributed by atoms with Gasteiger partial charge in [-0.1, -0.05) is 49.3 Å². The summed E-state index contributed by atoms with van der Waals surface area (Å²) in [6.45, 7) is -0.0405. The lowest BCUT2D eigenvalue weighted by atomic mass is 9.87. The van der Waals surface area contributed by atoms with E-state index in [-0.39, 0.29) is 47.4 Å². The van der Waals surface area contributed by atoms with Crippen molar-refractivity contribution in [3.05, 3.63) is 47.5 Å². The third-order valence-electron chi connectivity index (χ3n) is 7.80. The predicted octanol–water partition coefficient (Wildman–Crippen LogP) is -1.90. The first-order valence-electron chi connectivity index (χ1n) is 16.2. The third kappa shape index (κ3) is 13.3. The zero-order chi connectivity index (χ0) is 42.3. The molecule has 0 spiro atoms. The summed E-state index contributed by atoms with van der Waals surface area (Å²) in [5, 5.41) is 26.2. The fraction of sp³-hybridized carbons (Fsp3) is 0.500. The Labute approximate surface area is 332 Å². The van der Waals surface area contributed by atoms with E-state index in [0.29, 0.717) is 10.6 Å². The van der Waals surface area contributed by atoms with Gasteiger partial charge in [0.1, 0.15) is 36.3 Å². The molecule has 24 nitrogen and oxygen atoms in total. The Balaban J connectivity index is 1.23. The van der Waals surface area contributed by atoms with Crippen molar-refractivity contribution >= 4 is 80.7 Å². The van der Waals surface area contributed by atoms with E-state index in [4.69, 9.17) is 22.1 Å². The number of ether oxygens (including phenoxy) is 1. The molecule has 1 aliphatic heterocycles. The maximum atomic E-state index is 12.5. The molecule has 1 aliphatic rings. The highest BCUT2D eigenvalue weighted by atomic mass is 35.5. The number of nitrogens with zero attached hydrogens (tertiary/aromatic N) is 4. The van der Waals surface area contributed by atoms with E-state index in [1.807, 2.05) is 0 Å². The molecule has 3 heterocycles. The Morgan fingerprint density at radius 2 is 1.75 bits per heavy atom. The van der Waals surface area contributed by atoms with Gasteiger partial charge < -0.3 is 69.0 Å². The third-order valence-corrected chi connectivity index (χ3v) is 12.0. The van der Waals surface area contributed by atoms with Crippen molar-refractivity contribution in [2.45, 2.75) is 50.9 Å². The van der Waals surface area contributed by atoms with Crippen molar-refractivity contribution in [2.24, 2.45) is 5.41 Å². The minimum absolute atomic E-state index is 0.0255. The smallest absolute Gasteiger partial charge is 0.274 e. The molecular weight excluding hydrogens is 867 g/mol. The first-order valence-corrected chi connectivity index (χ1v) is 22.0. The van der Waals surface area contributed by atoms with E-state index in [1.165, 1.54) is 13.8 Å². The van der Waals surface area contributed by atoms with Gasteiger partial charge in [-0.25, -0.2) is 19.3 Å². The highest BCUT2D eigenvalue weighted by Crippen LogP contribution is 2.56. The fourth-order valence-electron chi connectivity index (χ4n) is 4.96. The number of nitrogens with one attached hydrogen (secondary N) is 2. The van der Waals surface area contributed by atoms with Gasteiger partial charge in [-0.15, -0.1) is 0 Å². The Morgan fingerprint density at radius 3 is 2.44 bits per heavy atom. The van der Waals surface area contributed by atoms with E-state index in [0.717, 1.165) is 29.0 Å². The lowest BCUT2D eigenvalue weighted by Crippen LogP contribution is -2.46. The molecular formula is C28H35ClN7O17P3S-4. The molecule has 57 heavy (non-hydrogen) atoms. The number of fused-ring (bicyclic) bond motifs is 1. The summed E-state index contributed by atoms with van der Waals surface area (Å²) in [5.74, 6) is -1.37. The van der Waals surface area contributed by atoms with E-state index in [1.54, 1.807) is 24.3 Å². The monoisotopic (exact) mass is 901 g/mol. The number of hydrogen-bond acceptors (Lipinski definition) is 22. The Bertz CT molecular complexity index is 2080. The maximum Gasteiger partial charge on any atom is 0.274 e. The molecule has 29 heteroatoms. The van der Waals surface area contributed by atoms with Gasteiger partial charge in [0.15, 0.2) is 17.7 Å². The predicted molar refractivity (Wildman–Crippen MR) is 189 cm³/mol. The summed E-state index contributed by atoms with van der Waals surface area (Å²) in [5.41, 5.74) is 4.37. The number of thioether (sulfide) groups is 1. The van der Waals surface area contributed by atoms with Gasteiger partial charge in [-0.2, -0.15) is 0 Å². The quantitative estimate of drug-likeness (QED) is 0.0611. The highest BCUT2D eigenvalue weighted by Gasteiger charge is 2.47.